The molecule has 0 aliphatic heterocycles. The minimum Gasteiger partial charge on any atom is -0.378 e. The van der Waals surface area contributed by atoms with Crippen molar-refractivity contribution in [2.45, 2.75) is 13.5 Å². The largest absolute Gasteiger partial charge is 0.378 e. The lowest BCUT2D eigenvalue weighted by Crippen LogP contribution is -1.91. The molecule has 14 heavy (non-hydrogen) atoms. The van der Waals surface area contributed by atoms with Gasteiger partial charge in [0.15, 0.2) is 5.65 Å². The molecule has 0 N–H and O–H groups in total. The number of pyridine rings is 1. The van der Waals surface area contributed by atoms with E-state index in [4.69, 9.17) is 16.3 Å². The fraction of sp³-hybridized carbons (Fsp3) is 0.300. The van der Waals surface area contributed by atoms with Crippen LogP contribution in [0.2, 0.25) is 5.02 Å². The minimum atomic E-state index is 0.518. The lowest BCUT2D eigenvalue weighted by molar-refractivity contribution is 0.181. The first-order valence-corrected chi connectivity index (χ1v) is 4.73. The first-order valence-electron chi connectivity index (χ1n) is 4.35. The van der Waals surface area contributed by atoms with E-state index in [2.05, 4.69) is 4.98 Å². The molecule has 2 aromatic rings. The third-order valence-corrected chi connectivity index (χ3v) is 2.52. The topological polar surface area (TPSA) is 26.5 Å². The van der Waals surface area contributed by atoms with Crippen molar-refractivity contribution in [3.8, 4) is 0 Å². The van der Waals surface area contributed by atoms with Crippen LogP contribution in [0.1, 0.15) is 11.4 Å². The number of fused-ring (bicyclic) bond motifs is 1. The molecule has 0 aromatic carbocycles. The van der Waals surface area contributed by atoms with Gasteiger partial charge in [-0.25, -0.2) is 4.98 Å². The molecule has 0 atom stereocenters. The van der Waals surface area contributed by atoms with Crippen LogP contribution in [0.4, 0.5) is 0 Å². The molecule has 0 amide bonds. The fourth-order valence-electron chi connectivity index (χ4n) is 1.47. The van der Waals surface area contributed by atoms with Gasteiger partial charge in [0.25, 0.3) is 0 Å². The second-order valence-electron chi connectivity index (χ2n) is 3.13. The first-order chi connectivity index (χ1) is 6.74. The number of methoxy groups -OCH3 is 1. The number of hydrogen-bond donors (Lipinski definition) is 0. The number of aryl methyl sites for hydroxylation is 1. The van der Waals surface area contributed by atoms with Crippen molar-refractivity contribution in [1.82, 2.24) is 9.38 Å². The van der Waals surface area contributed by atoms with Crippen molar-refractivity contribution >= 4 is 17.2 Å². The summed E-state index contributed by atoms with van der Waals surface area (Å²) in [5, 5.41) is 0.665. The smallest absolute Gasteiger partial charge is 0.156 e. The molecule has 0 unspecified atom stereocenters. The van der Waals surface area contributed by atoms with E-state index >= 15 is 0 Å². The van der Waals surface area contributed by atoms with Crippen molar-refractivity contribution in [2.24, 2.45) is 0 Å². The molecule has 0 saturated carbocycles. The van der Waals surface area contributed by atoms with Crippen LogP contribution in [-0.2, 0) is 11.3 Å². The predicted octanol–water partition coefficient (Wildman–Crippen LogP) is 2.44. The van der Waals surface area contributed by atoms with E-state index < -0.39 is 0 Å². The summed E-state index contributed by atoms with van der Waals surface area (Å²) >= 11 is 6.02. The fourth-order valence-corrected chi connectivity index (χ4v) is 1.68. The van der Waals surface area contributed by atoms with E-state index in [1.165, 1.54) is 0 Å². The molecule has 74 valence electrons. The van der Waals surface area contributed by atoms with Gasteiger partial charge in [0, 0.05) is 19.0 Å². The van der Waals surface area contributed by atoms with E-state index in [0.717, 1.165) is 17.0 Å². The number of aromatic nitrogens is 2. The van der Waals surface area contributed by atoms with Gasteiger partial charge in [-0.2, -0.15) is 0 Å². The maximum absolute atomic E-state index is 6.02. The average molecular weight is 211 g/mol. The van der Waals surface area contributed by atoms with Gasteiger partial charge in [-0.3, -0.25) is 0 Å². The molecule has 0 aliphatic rings. The molecular weight excluding hydrogens is 200 g/mol. The molecular formula is C10H11ClN2O. The van der Waals surface area contributed by atoms with Crippen molar-refractivity contribution < 1.29 is 4.74 Å². The Morgan fingerprint density at radius 1 is 1.57 bits per heavy atom. The predicted molar refractivity (Wildman–Crippen MR) is 55.7 cm³/mol. The highest BCUT2D eigenvalue weighted by Crippen LogP contribution is 2.19. The van der Waals surface area contributed by atoms with Crippen LogP contribution in [-0.4, -0.2) is 16.5 Å². The third-order valence-electron chi connectivity index (χ3n) is 2.22. The lowest BCUT2D eigenvalue weighted by atomic mass is 10.3. The number of halogens is 1. The summed E-state index contributed by atoms with van der Waals surface area (Å²) < 4.78 is 7.03. The molecule has 0 radical (unpaired) electrons. The van der Waals surface area contributed by atoms with E-state index in [1.54, 1.807) is 7.11 Å². The molecule has 0 aliphatic carbocycles. The van der Waals surface area contributed by atoms with Crippen molar-refractivity contribution in [3.05, 3.63) is 34.7 Å². The van der Waals surface area contributed by atoms with E-state index in [1.807, 2.05) is 29.7 Å². The Labute approximate surface area is 87.3 Å². The molecule has 4 heteroatoms. The van der Waals surface area contributed by atoms with Crippen LogP contribution in [0.5, 0.6) is 0 Å². The summed E-state index contributed by atoms with van der Waals surface area (Å²) in [5.74, 6) is 0. The Balaban J connectivity index is 2.67. The number of hydrogen-bond acceptors (Lipinski definition) is 2. The third kappa shape index (κ3) is 1.38. The quantitative estimate of drug-likeness (QED) is 0.761. The normalized spacial score (nSPS) is 11.1. The van der Waals surface area contributed by atoms with E-state index in [0.29, 0.717) is 11.6 Å². The van der Waals surface area contributed by atoms with Crippen molar-refractivity contribution in [1.29, 1.82) is 0 Å². The zero-order valence-electron chi connectivity index (χ0n) is 8.12. The zero-order chi connectivity index (χ0) is 10.1. The van der Waals surface area contributed by atoms with Crippen LogP contribution in [0.3, 0.4) is 0 Å². The number of imidazole rings is 1. The highest BCUT2D eigenvalue weighted by atomic mass is 35.5. The summed E-state index contributed by atoms with van der Waals surface area (Å²) in [6.45, 7) is 2.52. The summed E-state index contributed by atoms with van der Waals surface area (Å²) in [6, 6.07) is 3.74. The van der Waals surface area contributed by atoms with Gasteiger partial charge in [-0.05, 0) is 19.1 Å². The summed E-state index contributed by atoms with van der Waals surface area (Å²) in [4.78, 5) is 4.41. The molecule has 0 saturated heterocycles. The van der Waals surface area contributed by atoms with Gasteiger partial charge in [0.05, 0.1) is 17.3 Å². The highest BCUT2D eigenvalue weighted by Gasteiger charge is 2.09. The molecule has 0 spiro atoms. The maximum Gasteiger partial charge on any atom is 0.156 e. The van der Waals surface area contributed by atoms with Gasteiger partial charge in [0.2, 0.25) is 0 Å². The Bertz CT molecular complexity index is 464. The summed E-state index contributed by atoms with van der Waals surface area (Å²) in [5.41, 5.74) is 2.80. The van der Waals surface area contributed by atoms with Crippen molar-refractivity contribution in [3.63, 3.8) is 0 Å². The maximum atomic E-state index is 6.02. The van der Waals surface area contributed by atoms with E-state index in [-0.39, 0.29) is 0 Å². The second kappa shape index (κ2) is 3.59. The van der Waals surface area contributed by atoms with Gasteiger partial charge < -0.3 is 9.14 Å². The molecule has 0 bridgehead atoms. The molecule has 2 heterocycles. The highest BCUT2D eigenvalue weighted by molar-refractivity contribution is 6.33. The lowest BCUT2D eigenvalue weighted by Gasteiger charge is -1.97. The Morgan fingerprint density at radius 3 is 3.00 bits per heavy atom. The van der Waals surface area contributed by atoms with Crippen LogP contribution >= 0.6 is 11.6 Å². The SMILES string of the molecule is COCc1nc2c(Cl)cccn2c1C. The summed E-state index contributed by atoms with van der Waals surface area (Å²) in [6.07, 6.45) is 1.95. The molecule has 2 rings (SSSR count). The minimum absolute atomic E-state index is 0.518. The number of ether oxygens (including phenoxy) is 1. The Hall–Kier alpha value is -1.06. The van der Waals surface area contributed by atoms with Crippen LogP contribution in [0, 0.1) is 6.92 Å². The number of nitrogens with zero attached hydrogens (tertiary/aromatic N) is 2. The summed E-state index contributed by atoms with van der Waals surface area (Å²) in [7, 11) is 1.66. The van der Waals surface area contributed by atoms with Crippen molar-refractivity contribution in [2.75, 3.05) is 7.11 Å². The van der Waals surface area contributed by atoms with Gasteiger partial charge in [-0.1, -0.05) is 11.6 Å². The Kier molecular flexibility index (Phi) is 2.44. The van der Waals surface area contributed by atoms with Crippen LogP contribution in [0.15, 0.2) is 18.3 Å². The number of rotatable bonds is 2. The van der Waals surface area contributed by atoms with Gasteiger partial charge in [0.1, 0.15) is 0 Å². The Morgan fingerprint density at radius 2 is 2.36 bits per heavy atom. The molecule has 3 nitrogen and oxygen atoms in total. The molecule has 0 fully saturated rings. The monoisotopic (exact) mass is 210 g/mol. The zero-order valence-corrected chi connectivity index (χ0v) is 8.88. The first kappa shape index (κ1) is 9.49. The van der Waals surface area contributed by atoms with Crippen LogP contribution < -0.4 is 0 Å². The van der Waals surface area contributed by atoms with Gasteiger partial charge >= 0.3 is 0 Å². The standard InChI is InChI=1S/C10H11ClN2O/c1-7-9(6-14-2)12-10-8(11)4-3-5-13(7)10/h3-5H,6H2,1-2H3. The second-order valence-corrected chi connectivity index (χ2v) is 3.53. The average Bonchev–Trinajstić information content (AvgIpc) is 2.48. The van der Waals surface area contributed by atoms with Crippen LogP contribution in [0.25, 0.3) is 5.65 Å². The van der Waals surface area contributed by atoms with E-state index in [9.17, 15) is 0 Å². The molecule has 2 aromatic heterocycles. The van der Waals surface area contributed by atoms with Gasteiger partial charge in [-0.15, -0.1) is 0 Å².